The van der Waals surface area contributed by atoms with E-state index in [0.29, 0.717) is 24.2 Å². The van der Waals surface area contributed by atoms with E-state index in [1.807, 2.05) is 0 Å². The molecular weight excluding hydrogens is 406 g/mol. The molecule has 1 aliphatic rings. The van der Waals surface area contributed by atoms with E-state index in [-0.39, 0.29) is 21.9 Å². The third-order valence-electron chi connectivity index (χ3n) is 4.58. The second-order valence-electron chi connectivity index (χ2n) is 6.45. The molecule has 4 rings (SSSR count). The number of nitrogens with one attached hydrogen (secondary N) is 1. The van der Waals surface area contributed by atoms with Crippen LogP contribution in [-0.2, 0) is 27.1 Å². The second-order valence-corrected chi connectivity index (χ2v) is 10.1. The largest absolute Gasteiger partial charge is 0.419 e. The summed E-state index contributed by atoms with van der Waals surface area (Å²) in [5, 5.41) is 0. The minimum absolute atomic E-state index is 0.0550. The third-order valence-corrected chi connectivity index (χ3v) is 7.83. The van der Waals surface area contributed by atoms with Crippen molar-refractivity contribution in [3.63, 3.8) is 0 Å². The highest BCUT2D eigenvalue weighted by Crippen LogP contribution is 2.26. The molecule has 1 aromatic heterocycles. The van der Waals surface area contributed by atoms with Gasteiger partial charge in [-0.2, -0.15) is 0 Å². The number of fused-ring (bicyclic) bond motifs is 1. The summed E-state index contributed by atoms with van der Waals surface area (Å²) in [6, 6.07) is 10.3. The van der Waals surface area contributed by atoms with Crippen molar-refractivity contribution in [1.29, 1.82) is 0 Å². The summed E-state index contributed by atoms with van der Waals surface area (Å²) in [5.74, 6) is -0.468. The van der Waals surface area contributed by atoms with E-state index in [2.05, 4.69) is 4.72 Å². The van der Waals surface area contributed by atoms with Crippen LogP contribution in [0.25, 0.3) is 11.1 Å². The van der Waals surface area contributed by atoms with Gasteiger partial charge in [-0.1, -0.05) is 0 Å². The van der Waals surface area contributed by atoms with Gasteiger partial charge >= 0.3 is 5.76 Å². The fourth-order valence-corrected chi connectivity index (χ4v) is 5.76. The molecule has 0 spiro atoms. The average Bonchev–Trinajstić information content (AvgIpc) is 3.14. The van der Waals surface area contributed by atoms with E-state index in [0.717, 1.165) is 0 Å². The molecule has 0 bridgehead atoms. The summed E-state index contributed by atoms with van der Waals surface area (Å²) in [7, 11) is -5.68. The number of sulfonamides is 2. The minimum atomic E-state index is -3.92. The van der Waals surface area contributed by atoms with Gasteiger partial charge in [0.05, 0.1) is 21.9 Å². The zero-order chi connectivity index (χ0) is 20.1. The molecule has 0 radical (unpaired) electrons. The van der Waals surface area contributed by atoms with Crippen LogP contribution in [0.4, 0.5) is 11.4 Å². The Morgan fingerprint density at radius 2 is 1.82 bits per heavy atom. The van der Waals surface area contributed by atoms with Crippen LogP contribution in [0.5, 0.6) is 0 Å². The number of hydrogen-bond donors (Lipinski definition) is 1. The summed E-state index contributed by atoms with van der Waals surface area (Å²) in [4.78, 5) is 11.5. The highest BCUT2D eigenvalue weighted by atomic mass is 32.2. The van der Waals surface area contributed by atoms with Crippen molar-refractivity contribution in [3.05, 3.63) is 53.0 Å². The topological polar surface area (TPSA) is 119 Å². The predicted molar refractivity (Wildman–Crippen MR) is 104 cm³/mol. The molecule has 2 heterocycles. The Morgan fingerprint density at radius 1 is 1.11 bits per heavy atom. The van der Waals surface area contributed by atoms with E-state index in [1.165, 1.54) is 46.3 Å². The lowest BCUT2D eigenvalue weighted by molar-refractivity contribution is 0.527. The van der Waals surface area contributed by atoms with Gasteiger partial charge in [0, 0.05) is 25.3 Å². The minimum Gasteiger partial charge on any atom is -0.408 e. The Labute approximate surface area is 161 Å². The molecule has 1 aliphatic heterocycles. The first-order valence-electron chi connectivity index (χ1n) is 8.40. The number of rotatable bonds is 4. The van der Waals surface area contributed by atoms with Gasteiger partial charge in [0.25, 0.3) is 10.0 Å². The van der Waals surface area contributed by atoms with Crippen molar-refractivity contribution >= 4 is 42.5 Å². The van der Waals surface area contributed by atoms with Gasteiger partial charge in [-0.05, 0) is 42.8 Å². The predicted octanol–water partition coefficient (Wildman–Crippen LogP) is 1.47. The van der Waals surface area contributed by atoms with E-state index >= 15 is 0 Å². The van der Waals surface area contributed by atoms with Gasteiger partial charge in [-0.25, -0.2) is 21.6 Å². The molecule has 0 saturated carbocycles. The lowest BCUT2D eigenvalue weighted by Crippen LogP contribution is -2.25. The first kappa shape index (κ1) is 18.6. The molecule has 3 aromatic rings. The highest BCUT2D eigenvalue weighted by Gasteiger charge is 2.28. The van der Waals surface area contributed by atoms with Crippen molar-refractivity contribution in [2.45, 2.75) is 11.3 Å². The van der Waals surface area contributed by atoms with E-state index < -0.39 is 25.8 Å². The summed E-state index contributed by atoms with van der Waals surface area (Å²) in [6.45, 7) is 0.412. The Morgan fingerprint density at radius 3 is 2.46 bits per heavy atom. The third kappa shape index (κ3) is 3.16. The quantitative estimate of drug-likeness (QED) is 0.679. The van der Waals surface area contributed by atoms with Crippen LogP contribution in [-0.4, -0.2) is 33.7 Å². The lowest BCUT2D eigenvalue weighted by Gasteiger charge is -2.17. The zero-order valence-corrected chi connectivity index (χ0v) is 16.5. The molecule has 28 heavy (non-hydrogen) atoms. The summed E-state index contributed by atoms with van der Waals surface area (Å²) < 4.78 is 59.3. The van der Waals surface area contributed by atoms with Gasteiger partial charge < -0.3 is 4.42 Å². The highest BCUT2D eigenvalue weighted by molar-refractivity contribution is 7.93. The van der Waals surface area contributed by atoms with Crippen LogP contribution in [0.15, 0.2) is 56.6 Å². The van der Waals surface area contributed by atoms with Gasteiger partial charge in [0.15, 0.2) is 5.58 Å². The molecule has 0 unspecified atom stereocenters. The fourth-order valence-electron chi connectivity index (χ4n) is 3.12. The number of aromatic nitrogens is 1. The molecule has 1 N–H and O–H groups in total. The molecule has 9 nitrogen and oxygen atoms in total. The summed E-state index contributed by atoms with van der Waals surface area (Å²) >= 11 is 0. The Bertz CT molecular complexity index is 1320. The number of hydrogen-bond acceptors (Lipinski definition) is 6. The van der Waals surface area contributed by atoms with Crippen LogP contribution in [0.1, 0.15) is 6.42 Å². The van der Waals surface area contributed by atoms with Crippen molar-refractivity contribution in [3.8, 4) is 0 Å². The van der Waals surface area contributed by atoms with E-state index in [1.54, 1.807) is 12.1 Å². The Balaban J connectivity index is 1.60. The molecule has 11 heteroatoms. The van der Waals surface area contributed by atoms with Crippen LogP contribution in [0, 0.1) is 0 Å². The molecule has 1 saturated heterocycles. The standard InChI is InChI=1S/C17H17N3O6S2/c1-19-15-8-7-14(11-16(15)26-17(19)21)28(24,25)18-12-3-5-13(6-4-12)20-9-2-10-27(20,22)23/h3-8,11,18H,2,9-10H2,1H3. The van der Waals surface area contributed by atoms with Crippen LogP contribution in [0.2, 0.25) is 0 Å². The lowest BCUT2D eigenvalue weighted by atomic mass is 10.3. The normalized spacial score (nSPS) is 16.5. The van der Waals surface area contributed by atoms with Crippen LogP contribution in [0.3, 0.4) is 0 Å². The Kier molecular flexibility index (Phi) is 4.23. The number of nitrogens with zero attached hydrogens (tertiary/aromatic N) is 2. The smallest absolute Gasteiger partial charge is 0.408 e. The maximum Gasteiger partial charge on any atom is 0.419 e. The van der Waals surface area contributed by atoms with E-state index in [9.17, 15) is 21.6 Å². The molecular formula is C17H17N3O6S2. The van der Waals surface area contributed by atoms with Gasteiger partial charge in [-0.15, -0.1) is 0 Å². The maximum absolute atomic E-state index is 12.6. The molecule has 2 aromatic carbocycles. The average molecular weight is 423 g/mol. The molecule has 1 fully saturated rings. The van der Waals surface area contributed by atoms with Crippen molar-refractivity contribution in [1.82, 2.24) is 4.57 Å². The van der Waals surface area contributed by atoms with Crippen molar-refractivity contribution in [2.24, 2.45) is 7.05 Å². The number of aryl methyl sites for hydroxylation is 1. The van der Waals surface area contributed by atoms with Crippen LogP contribution < -0.4 is 14.8 Å². The van der Waals surface area contributed by atoms with E-state index in [4.69, 9.17) is 4.42 Å². The number of oxazole rings is 1. The summed E-state index contributed by atoms with van der Waals surface area (Å²) in [6.07, 6.45) is 0.564. The number of benzene rings is 2. The summed E-state index contributed by atoms with van der Waals surface area (Å²) in [5.41, 5.74) is 1.44. The monoisotopic (exact) mass is 423 g/mol. The molecule has 0 amide bonds. The van der Waals surface area contributed by atoms with Crippen molar-refractivity contribution < 1.29 is 21.3 Å². The zero-order valence-electron chi connectivity index (χ0n) is 14.8. The van der Waals surface area contributed by atoms with Crippen molar-refractivity contribution in [2.75, 3.05) is 21.3 Å². The number of anilines is 2. The van der Waals surface area contributed by atoms with Gasteiger partial charge in [0.1, 0.15) is 0 Å². The fraction of sp³-hybridized carbons (Fsp3) is 0.235. The first-order valence-corrected chi connectivity index (χ1v) is 11.5. The van der Waals surface area contributed by atoms with Gasteiger partial charge in [0.2, 0.25) is 10.0 Å². The SMILES string of the molecule is Cn1c(=O)oc2cc(S(=O)(=O)Nc3ccc(N4CCCS4(=O)=O)cc3)ccc21. The van der Waals surface area contributed by atoms with Gasteiger partial charge in [-0.3, -0.25) is 13.6 Å². The van der Waals surface area contributed by atoms with Crippen LogP contribution >= 0.6 is 0 Å². The first-order chi connectivity index (χ1) is 13.2. The second kappa shape index (κ2) is 6.38. The molecule has 0 aliphatic carbocycles. The molecule has 148 valence electrons. The Hall–Kier alpha value is -2.79. The molecule has 0 atom stereocenters. The maximum atomic E-state index is 12.6.